The number of benzene rings is 2. The first kappa shape index (κ1) is 15.1. The maximum atomic E-state index is 5.72. The van der Waals surface area contributed by atoms with Gasteiger partial charge < -0.3 is 5.73 Å². The van der Waals surface area contributed by atoms with Gasteiger partial charge in [-0.15, -0.1) is 0 Å². The third-order valence-electron chi connectivity index (χ3n) is 3.40. The van der Waals surface area contributed by atoms with E-state index >= 15 is 0 Å². The summed E-state index contributed by atoms with van der Waals surface area (Å²) in [5.74, 6) is 0.584. The summed E-state index contributed by atoms with van der Waals surface area (Å²) in [5, 5.41) is 0. The van der Waals surface area contributed by atoms with E-state index in [2.05, 4.69) is 63.2 Å². The molecule has 2 aromatic carbocycles. The molecular formula is C18H23NS. The van der Waals surface area contributed by atoms with Gasteiger partial charge in [0.25, 0.3) is 0 Å². The standard InChI is InChI=1S/C18H23NS/c1-13(2)15-5-7-17(8-6-15)20-18-9-4-14(3)12-16(18)10-11-19/h4-9,12-13H,10-11,19H2,1-3H3. The van der Waals surface area contributed by atoms with Crippen molar-refractivity contribution < 1.29 is 0 Å². The topological polar surface area (TPSA) is 26.0 Å². The highest BCUT2D eigenvalue weighted by Gasteiger charge is 2.05. The molecule has 0 saturated heterocycles. The molecule has 106 valence electrons. The Morgan fingerprint density at radius 1 is 1.05 bits per heavy atom. The van der Waals surface area contributed by atoms with Crippen LogP contribution in [0, 0.1) is 6.92 Å². The lowest BCUT2D eigenvalue weighted by molar-refractivity contribution is 0.865. The van der Waals surface area contributed by atoms with Gasteiger partial charge in [-0.1, -0.05) is 55.4 Å². The molecule has 2 N–H and O–H groups in total. The van der Waals surface area contributed by atoms with E-state index in [0.717, 1.165) is 6.42 Å². The van der Waals surface area contributed by atoms with Crippen LogP contribution < -0.4 is 5.73 Å². The van der Waals surface area contributed by atoms with Crippen LogP contribution in [-0.4, -0.2) is 6.54 Å². The van der Waals surface area contributed by atoms with Gasteiger partial charge in [-0.05, 0) is 55.1 Å². The maximum absolute atomic E-state index is 5.72. The van der Waals surface area contributed by atoms with E-state index < -0.39 is 0 Å². The van der Waals surface area contributed by atoms with Crippen molar-refractivity contribution in [3.8, 4) is 0 Å². The number of rotatable bonds is 5. The van der Waals surface area contributed by atoms with E-state index in [4.69, 9.17) is 5.73 Å². The Balaban J connectivity index is 2.20. The molecule has 0 radical (unpaired) electrons. The van der Waals surface area contributed by atoms with Crippen LogP contribution >= 0.6 is 11.8 Å². The van der Waals surface area contributed by atoms with Crippen LogP contribution in [0.3, 0.4) is 0 Å². The second kappa shape index (κ2) is 6.96. The molecule has 0 saturated carbocycles. The average Bonchev–Trinajstić information content (AvgIpc) is 2.43. The summed E-state index contributed by atoms with van der Waals surface area (Å²) in [6.07, 6.45) is 0.939. The lowest BCUT2D eigenvalue weighted by Crippen LogP contribution is -2.04. The smallest absolute Gasteiger partial charge is 0.0155 e. The fraction of sp³-hybridized carbons (Fsp3) is 0.333. The molecule has 2 rings (SSSR count). The summed E-state index contributed by atoms with van der Waals surface area (Å²) in [6, 6.07) is 15.5. The van der Waals surface area contributed by atoms with E-state index in [9.17, 15) is 0 Å². The van der Waals surface area contributed by atoms with Gasteiger partial charge in [0.1, 0.15) is 0 Å². The van der Waals surface area contributed by atoms with Crippen molar-refractivity contribution in [3.63, 3.8) is 0 Å². The minimum atomic E-state index is 0.584. The fourth-order valence-electron chi connectivity index (χ4n) is 2.21. The monoisotopic (exact) mass is 285 g/mol. The Labute approximate surface area is 126 Å². The molecule has 0 aliphatic rings. The van der Waals surface area contributed by atoms with Crippen LogP contribution in [0.4, 0.5) is 0 Å². The summed E-state index contributed by atoms with van der Waals surface area (Å²) in [4.78, 5) is 2.61. The largest absolute Gasteiger partial charge is 0.330 e. The number of nitrogens with two attached hydrogens (primary N) is 1. The molecule has 0 amide bonds. The van der Waals surface area contributed by atoms with Gasteiger partial charge in [0.2, 0.25) is 0 Å². The van der Waals surface area contributed by atoms with E-state index in [0.29, 0.717) is 12.5 Å². The molecule has 0 spiro atoms. The van der Waals surface area contributed by atoms with Gasteiger partial charge in [-0.25, -0.2) is 0 Å². The fourth-order valence-corrected chi connectivity index (χ4v) is 3.16. The van der Waals surface area contributed by atoms with E-state index in [1.807, 2.05) is 11.8 Å². The Morgan fingerprint density at radius 3 is 2.35 bits per heavy atom. The molecule has 20 heavy (non-hydrogen) atoms. The van der Waals surface area contributed by atoms with Crippen molar-refractivity contribution in [3.05, 3.63) is 59.2 Å². The van der Waals surface area contributed by atoms with Gasteiger partial charge in [0.15, 0.2) is 0 Å². The molecular weight excluding hydrogens is 262 g/mol. The lowest BCUT2D eigenvalue weighted by atomic mass is 10.0. The summed E-state index contributed by atoms with van der Waals surface area (Å²) in [6.45, 7) is 7.28. The minimum Gasteiger partial charge on any atom is -0.330 e. The number of aryl methyl sites for hydroxylation is 1. The molecule has 0 fully saturated rings. The Morgan fingerprint density at radius 2 is 1.75 bits per heavy atom. The van der Waals surface area contributed by atoms with E-state index in [-0.39, 0.29) is 0 Å². The molecule has 2 heteroatoms. The molecule has 0 unspecified atom stereocenters. The third kappa shape index (κ3) is 3.87. The second-order valence-electron chi connectivity index (χ2n) is 5.48. The SMILES string of the molecule is Cc1ccc(Sc2ccc(C(C)C)cc2)c(CCN)c1. The summed E-state index contributed by atoms with van der Waals surface area (Å²) in [5.41, 5.74) is 9.76. The maximum Gasteiger partial charge on any atom is 0.0155 e. The molecule has 0 atom stereocenters. The van der Waals surface area contributed by atoms with Gasteiger partial charge in [0, 0.05) is 9.79 Å². The van der Waals surface area contributed by atoms with Crippen LogP contribution in [0.25, 0.3) is 0 Å². The quantitative estimate of drug-likeness (QED) is 0.856. The van der Waals surface area contributed by atoms with Crippen molar-refractivity contribution in [1.29, 1.82) is 0 Å². The Bertz CT molecular complexity index is 558. The van der Waals surface area contributed by atoms with Crippen molar-refractivity contribution in [2.24, 2.45) is 5.73 Å². The van der Waals surface area contributed by atoms with Crippen LogP contribution in [0.15, 0.2) is 52.3 Å². The van der Waals surface area contributed by atoms with Gasteiger partial charge in [-0.3, -0.25) is 0 Å². The molecule has 0 aliphatic heterocycles. The molecule has 0 heterocycles. The molecule has 0 bridgehead atoms. The summed E-state index contributed by atoms with van der Waals surface area (Å²) >= 11 is 1.83. The molecule has 1 nitrogen and oxygen atoms in total. The second-order valence-corrected chi connectivity index (χ2v) is 6.59. The average molecular weight is 285 g/mol. The predicted molar refractivity (Wildman–Crippen MR) is 88.6 cm³/mol. The van der Waals surface area contributed by atoms with Crippen LogP contribution in [-0.2, 0) is 6.42 Å². The third-order valence-corrected chi connectivity index (χ3v) is 4.53. The Kier molecular flexibility index (Phi) is 5.27. The highest BCUT2D eigenvalue weighted by atomic mass is 32.2. The van der Waals surface area contributed by atoms with Crippen LogP contribution in [0.1, 0.15) is 36.5 Å². The number of hydrogen-bond acceptors (Lipinski definition) is 2. The summed E-state index contributed by atoms with van der Waals surface area (Å²) in [7, 11) is 0. The normalized spacial score (nSPS) is 11.1. The first-order valence-corrected chi connectivity index (χ1v) is 7.99. The predicted octanol–water partition coefficient (Wildman–Crippen LogP) is 4.77. The number of hydrogen-bond donors (Lipinski definition) is 1. The van der Waals surface area contributed by atoms with Crippen molar-refractivity contribution in [1.82, 2.24) is 0 Å². The van der Waals surface area contributed by atoms with Gasteiger partial charge >= 0.3 is 0 Å². The molecule has 0 aromatic heterocycles. The highest BCUT2D eigenvalue weighted by Crippen LogP contribution is 2.32. The van der Waals surface area contributed by atoms with E-state index in [1.165, 1.54) is 26.5 Å². The van der Waals surface area contributed by atoms with Gasteiger partial charge in [0.05, 0.1) is 0 Å². The zero-order valence-electron chi connectivity index (χ0n) is 12.5. The molecule has 2 aromatic rings. The first-order valence-electron chi connectivity index (χ1n) is 7.17. The molecule has 0 aliphatic carbocycles. The van der Waals surface area contributed by atoms with Crippen molar-refractivity contribution in [2.45, 2.75) is 42.9 Å². The summed E-state index contributed by atoms with van der Waals surface area (Å²) < 4.78 is 0. The van der Waals surface area contributed by atoms with E-state index in [1.54, 1.807) is 0 Å². The highest BCUT2D eigenvalue weighted by molar-refractivity contribution is 7.99. The lowest BCUT2D eigenvalue weighted by Gasteiger charge is -2.11. The first-order chi connectivity index (χ1) is 9.60. The van der Waals surface area contributed by atoms with Crippen LogP contribution in [0.5, 0.6) is 0 Å². The minimum absolute atomic E-state index is 0.584. The zero-order valence-corrected chi connectivity index (χ0v) is 13.3. The van der Waals surface area contributed by atoms with Crippen molar-refractivity contribution in [2.75, 3.05) is 6.54 Å². The van der Waals surface area contributed by atoms with Gasteiger partial charge in [-0.2, -0.15) is 0 Å². The Hall–Kier alpha value is -1.25. The zero-order chi connectivity index (χ0) is 14.5. The van der Waals surface area contributed by atoms with Crippen molar-refractivity contribution >= 4 is 11.8 Å². The van der Waals surface area contributed by atoms with Crippen LogP contribution in [0.2, 0.25) is 0 Å².